The van der Waals surface area contributed by atoms with Gasteiger partial charge in [-0.25, -0.2) is 9.18 Å². The number of halogens is 2. The minimum absolute atomic E-state index is 0.129. The molecule has 0 bridgehead atoms. The van der Waals surface area contributed by atoms with E-state index in [-0.39, 0.29) is 10.7 Å². The first-order valence-electron chi connectivity index (χ1n) is 5.52. The van der Waals surface area contributed by atoms with Crippen molar-refractivity contribution in [2.24, 2.45) is 0 Å². The summed E-state index contributed by atoms with van der Waals surface area (Å²) in [6, 6.07) is 6.88. The standard InChI is InChI=1S/C13H9ClFNO3S/c14-9-4-3-8(15)6-10(9)16-12(17)7-19-13(18)11-2-1-5-20-11/h1-6H,7H2,(H,16,17). The van der Waals surface area contributed by atoms with E-state index in [0.717, 1.165) is 6.07 Å². The molecule has 2 rings (SSSR count). The molecule has 104 valence electrons. The summed E-state index contributed by atoms with van der Waals surface area (Å²) in [6.07, 6.45) is 0. The van der Waals surface area contributed by atoms with Gasteiger partial charge in [0.1, 0.15) is 10.7 Å². The fourth-order valence-corrected chi connectivity index (χ4v) is 2.16. The minimum Gasteiger partial charge on any atom is -0.451 e. The monoisotopic (exact) mass is 313 g/mol. The van der Waals surface area contributed by atoms with Gasteiger partial charge in [-0.1, -0.05) is 17.7 Å². The molecular weight excluding hydrogens is 305 g/mol. The molecule has 1 amide bonds. The average molecular weight is 314 g/mol. The molecule has 0 saturated carbocycles. The first-order valence-corrected chi connectivity index (χ1v) is 6.77. The average Bonchev–Trinajstić information content (AvgIpc) is 2.94. The Balaban J connectivity index is 1.90. The molecule has 0 aliphatic heterocycles. The second-order valence-electron chi connectivity index (χ2n) is 3.73. The Hall–Kier alpha value is -1.92. The number of esters is 1. The molecule has 1 heterocycles. The van der Waals surface area contributed by atoms with E-state index >= 15 is 0 Å². The van der Waals surface area contributed by atoms with Crippen LogP contribution in [0.4, 0.5) is 10.1 Å². The van der Waals surface area contributed by atoms with Crippen LogP contribution in [0.1, 0.15) is 9.67 Å². The molecule has 0 unspecified atom stereocenters. The van der Waals surface area contributed by atoms with Crippen molar-refractivity contribution in [2.75, 3.05) is 11.9 Å². The summed E-state index contributed by atoms with van der Waals surface area (Å²) in [5.74, 6) is -1.71. The number of ether oxygens (including phenoxy) is 1. The van der Waals surface area contributed by atoms with E-state index in [0.29, 0.717) is 4.88 Å². The third kappa shape index (κ3) is 3.79. The quantitative estimate of drug-likeness (QED) is 0.881. The van der Waals surface area contributed by atoms with Crippen molar-refractivity contribution >= 4 is 40.5 Å². The van der Waals surface area contributed by atoms with E-state index in [1.807, 2.05) is 0 Å². The van der Waals surface area contributed by atoms with Crippen LogP contribution in [0.25, 0.3) is 0 Å². The largest absolute Gasteiger partial charge is 0.451 e. The number of rotatable bonds is 4. The van der Waals surface area contributed by atoms with Crippen LogP contribution >= 0.6 is 22.9 Å². The lowest BCUT2D eigenvalue weighted by molar-refractivity contribution is -0.119. The van der Waals surface area contributed by atoms with Crippen molar-refractivity contribution in [1.29, 1.82) is 0 Å². The predicted molar refractivity (Wildman–Crippen MR) is 74.6 cm³/mol. The summed E-state index contributed by atoms with van der Waals surface area (Å²) in [6.45, 7) is -0.469. The number of carbonyl (C=O) groups is 2. The van der Waals surface area contributed by atoms with E-state index < -0.39 is 24.3 Å². The van der Waals surface area contributed by atoms with Crippen molar-refractivity contribution in [1.82, 2.24) is 0 Å². The van der Waals surface area contributed by atoms with Crippen molar-refractivity contribution in [3.05, 3.63) is 51.4 Å². The zero-order chi connectivity index (χ0) is 14.5. The third-order valence-corrected chi connectivity index (χ3v) is 3.44. The maximum absolute atomic E-state index is 13.0. The number of nitrogens with one attached hydrogen (secondary N) is 1. The lowest BCUT2D eigenvalue weighted by Crippen LogP contribution is -2.20. The van der Waals surface area contributed by atoms with Crippen LogP contribution in [0.5, 0.6) is 0 Å². The van der Waals surface area contributed by atoms with Gasteiger partial charge < -0.3 is 10.1 Å². The lowest BCUT2D eigenvalue weighted by Gasteiger charge is -2.07. The Morgan fingerprint density at radius 1 is 1.35 bits per heavy atom. The molecule has 0 atom stereocenters. The van der Waals surface area contributed by atoms with Crippen molar-refractivity contribution in [3.8, 4) is 0 Å². The Kier molecular flexibility index (Phi) is 4.70. The number of hydrogen-bond donors (Lipinski definition) is 1. The third-order valence-electron chi connectivity index (χ3n) is 2.26. The number of amides is 1. The highest BCUT2D eigenvalue weighted by Gasteiger charge is 2.12. The number of anilines is 1. The molecule has 1 aromatic carbocycles. The van der Waals surface area contributed by atoms with Gasteiger partial charge in [-0.3, -0.25) is 4.79 Å². The number of hydrogen-bond acceptors (Lipinski definition) is 4. The van der Waals surface area contributed by atoms with Gasteiger partial charge in [0.05, 0.1) is 10.7 Å². The molecular formula is C13H9ClFNO3S. The topological polar surface area (TPSA) is 55.4 Å². The van der Waals surface area contributed by atoms with E-state index in [1.165, 1.54) is 23.5 Å². The molecule has 2 aromatic rings. The molecule has 4 nitrogen and oxygen atoms in total. The smallest absolute Gasteiger partial charge is 0.348 e. The summed E-state index contributed by atoms with van der Waals surface area (Å²) < 4.78 is 17.8. The second kappa shape index (κ2) is 6.49. The van der Waals surface area contributed by atoms with Crippen LogP contribution in [0, 0.1) is 5.82 Å². The van der Waals surface area contributed by atoms with Crippen LogP contribution < -0.4 is 5.32 Å². The van der Waals surface area contributed by atoms with Crippen LogP contribution in [0.3, 0.4) is 0 Å². The minimum atomic E-state index is -0.595. The maximum Gasteiger partial charge on any atom is 0.348 e. The maximum atomic E-state index is 13.0. The molecule has 0 saturated heterocycles. The first kappa shape index (κ1) is 14.5. The van der Waals surface area contributed by atoms with Gasteiger partial charge in [0.25, 0.3) is 5.91 Å². The van der Waals surface area contributed by atoms with Gasteiger partial charge in [0.2, 0.25) is 0 Å². The molecule has 0 fully saturated rings. The summed E-state index contributed by atoms with van der Waals surface area (Å²) >= 11 is 7.01. The molecule has 1 aromatic heterocycles. The highest BCUT2D eigenvalue weighted by Crippen LogP contribution is 2.22. The molecule has 0 aliphatic carbocycles. The Morgan fingerprint density at radius 3 is 2.85 bits per heavy atom. The summed E-state index contributed by atoms with van der Waals surface area (Å²) in [7, 11) is 0. The summed E-state index contributed by atoms with van der Waals surface area (Å²) in [4.78, 5) is 23.5. The highest BCUT2D eigenvalue weighted by molar-refractivity contribution is 7.11. The SMILES string of the molecule is O=C(COC(=O)c1cccs1)Nc1cc(F)ccc1Cl. The van der Waals surface area contributed by atoms with E-state index in [9.17, 15) is 14.0 Å². The predicted octanol–water partition coefficient (Wildman–Crippen LogP) is 3.34. The zero-order valence-electron chi connectivity index (χ0n) is 10.1. The Labute approximate surface area is 123 Å². The van der Waals surface area contributed by atoms with Crippen molar-refractivity contribution < 1.29 is 18.7 Å². The molecule has 0 radical (unpaired) electrons. The number of thiophene rings is 1. The molecule has 0 spiro atoms. The number of carbonyl (C=O) groups excluding carboxylic acids is 2. The van der Waals surface area contributed by atoms with Gasteiger partial charge in [0, 0.05) is 0 Å². The van der Waals surface area contributed by atoms with Crippen LogP contribution in [0.2, 0.25) is 5.02 Å². The highest BCUT2D eigenvalue weighted by atomic mass is 35.5. The second-order valence-corrected chi connectivity index (χ2v) is 5.08. The van der Waals surface area contributed by atoms with Gasteiger partial charge in [-0.2, -0.15) is 0 Å². The van der Waals surface area contributed by atoms with E-state index in [2.05, 4.69) is 5.32 Å². The van der Waals surface area contributed by atoms with Gasteiger partial charge in [-0.15, -0.1) is 11.3 Å². The van der Waals surface area contributed by atoms with Gasteiger partial charge >= 0.3 is 5.97 Å². The lowest BCUT2D eigenvalue weighted by atomic mass is 10.3. The van der Waals surface area contributed by atoms with Crippen LogP contribution in [-0.2, 0) is 9.53 Å². The fraction of sp³-hybridized carbons (Fsp3) is 0.0769. The normalized spacial score (nSPS) is 10.1. The summed E-state index contributed by atoms with van der Waals surface area (Å²) in [5, 5.41) is 4.29. The van der Waals surface area contributed by atoms with Crippen molar-refractivity contribution in [2.45, 2.75) is 0 Å². The molecule has 1 N–H and O–H groups in total. The summed E-state index contributed by atoms with van der Waals surface area (Å²) in [5.41, 5.74) is 0.129. The van der Waals surface area contributed by atoms with Gasteiger partial charge in [0.15, 0.2) is 6.61 Å². The van der Waals surface area contributed by atoms with Crippen LogP contribution in [-0.4, -0.2) is 18.5 Å². The Bertz CT molecular complexity index is 631. The molecule has 7 heteroatoms. The van der Waals surface area contributed by atoms with Gasteiger partial charge in [-0.05, 0) is 29.6 Å². The van der Waals surface area contributed by atoms with E-state index in [4.69, 9.17) is 16.3 Å². The molecule has 0 aliphatic rings. The van der Waals surface area contributed by atoms with Crippen molar-refractivity contribution in [3.63, 3.8) is 0 Å². The first-order chi connectivity index (χ1) is 9.56. The zero-order valence-corrected chi connectivity index (χ0v) is 11.6. The fourth-order valence-electron chi connectivity index (χ4n) is 1.38. The van der Waals surface area contributed by atoms with E-state index in [1.54, 1.807) is 17.5 Å². The number of benzene rings is 1. The van der Waals surface area contributed by atoms with Crippen LogP contribution in [0.15, 0.2) is 35.7 Å². The Morgan fingerprint density at radius 2 is 2.15 bits per heavy atom. The molecule has 20 heavy (non-hydrogen) atoms.